The molecule has 2 aromatic rings. The van der Waals surface area contributed by atoms with E-state index in [9.17, 15) is 0 Å². The molecule has 16 heavy (non-hydrogen) atoms. The summed E-state index contributed by atoms with van der Waals surface area (Å²) in [6.45, 7) is 8.30. The molecule has 2 rings (SSSR count). The molecule has 0 amide bonds. The molecular weight excluding hydrogens is 198 g/mol. The Kier molecular flexibility index (Phi) is 3.99. The van der Waals surface area contributed by atoms with E-state index < -0.39 is 0 Å². The first-order chi connectivity index (χ1) is 7.65. The van der Waals surface area contributed by atoms with Crippen LogP contribution in [0.4, 0.5) is 0 Å². The van der Waals surface area contributed by atoms with Crippen LogP contribution in [0.1, 0.15) is 25.1 Å². The van der Waals surface area contributed by atoms with Crippen molar-refractivity contribution >= 4 is 10.9 Å². The highest BCUT2D eigenvalue weighted by molar-refractivity contribution is 5.86. The van der Waals surface area contributed by atoms with Gasteiger partial charge in [0, 0.05) is 24.2 Å². The topological polar surface area (TPSA) is 14.2 Å². The lowest BCUT2D eigenvalue weighted by Crippen LogP contribution is -1.90. The zero-order valence-corrected chi connectivity index (χ0v) is 11.1. The molecule has 0 radical (unpaired) electrons. The van der Waals surface area contributed by atoms with E-state index in [-0.39, 0.29) is 0 Å². The lowest BCUT2D eigenvalue weighted by atomic mass is 10.1. The van der Waals surface area contributed by atoms with Crippen LogP contribution in [-0.4, -0.2) is 11.7 Å². The Balaban J connectivity index is 0.000000606. The number of fused-ring (bicyclic) bond motifs is 1. The Morgan fingerprint density at radius 2 is 1.75 bits per heavy atom. The van der Waals surface area contributed by atoms with Crippen LogP contribution < -0.4 is 4.74 Å². The molecular formula is C14H21NO. The number of hydrogen-bond acceptors (Lipinski definition) is 1. The molecule has 1 aromatic heterocycles. The highest BCUT2D eigenvalue weighted by atomic mass is 16.5. The van der Waals surface area contributed by atoms with Gasteiger partial charge in [0.2, 0.25) is 0 Å². The van der Waals surface area contributed by atoms with E-state index in [1.165, 1.54) is 22.2 Å². The number of aryl methyl sites for hydroxylation is 2. The zero-order valence-electron chi connectivity index (χ0n) is 11.1. The second kappa shape index (κ2) is 5.06. The average molecular weight is 219 g/mol. The largest absolute Gasteiger partial charge is 0.497 e. The van der Waals surface area contributed by atoms with Crippen molar-refractivity contribution in [2.75, 3.05) is 7.11 Å². The van der Waals surface area contributed by atoms with Crippen molar-refractivity contribution in [2.24, 2.45) is 7.05 Å². The summed E-state index contributed by atoms with van der Waals surface area (Å²) in [6.07, 6.45) is 0. The summed E-state index contributed by atoms with van der Waals surface area (Å²) in [4.78, 5) is 0. The predicted octanol–water partition coefficient (Wildman–Crippen LogP) is 3.83. The number of aromatic nitrogens is 1. The third-order valence-corrected chi connectivity index (χ3v) is 3.02. The molecule has 0 fully saturated rings. The van der Waals surface area contributed by atoms with Crippen LogP contribution in [-0.2, 0) is 7.05 Å². The van der Waals surface area contributed by atoms with Gasteiger partial charge in [0.15, 0.2) is 0 Å². The maximum absolute atomic E-state index is 5.21. The molecule has 0 aliphatic rings. The molecule has 0 saturated carbocycles. The minimum atomic E-state index is 0.915. The first kappa shape index (κ1) is 12.6. The molecule has 0 aliphatic carbocycles. The summed E-state index contributed by atoms with van der Waals surface area (Å²) >= 11 is 0. The first-order valence-electron chi connectivity index (χ1n) is 5.74. The van der Waals surface area contributed by atoms with Gasteiger partial charge in [-0.15, -0.1) is 0 Å². The van der Waals surface area contributed by atoms with Gasteiger partial charge >= 0.3 is 0 Å². The summed E-state index contributed by atoms with van der Waals surface area (Å²) in [5.41, 5.74) is 3.90. The molecule has 2 heteroatoms. The van der Waals surface area contributed by atoms with E-state index in [0.717, 1.165) is 5.75 Å². The number of methoxy groups -OCH3 is 1. The number of hydrogen-bond donors (Lipinski definition) is 0. The van der Waals surface area contributed by atoms with Crippen LogP contribution in [0, 0.1) is 13.8 Å². The van der Waals surface area contributed by atoms with E-state index in [1.54, 1.807) is 7.11 Å². The van der Waals surface area contributed by atoms with E-state index >= 15 is 0 Å². The fourth-order valence-corrected chi connectivity index (χ4v) is 1.86. The standard InChI is InChI=1S/C12H15NO.C2H6/c1-8-9(2)13(3)12-7-10(14-4)5-6-11(8)12;1-2/h5-7H,1-4H3;1-2H3. The molecule has 88 valence electrons. The number of ether oxygens (including phenoxy) is 1. The van der Waals surface area contributed by atoms with Crippen molar-refractivity contribution in [3.63, 3.8) is 0 Å². The molecule has 0 aliphatic heterocycles. The van der Waals surface area contributed by atoms with Crippen LogP contribution in [0.3, 0.4) is 0 Å². The summed E-state index contributed by atoms with van der Waals surface area (Å²) in [6, 6.07) is 6.21. The van der Waals surface area contributed by atoms with Crippen LogP contribution in [0.25, 0.3) is 10.9 Å². The molecule has 0 bridgehead atoms. The summed E-state index contributed by atoms with van der Waals surface area (Å²) in [5, 5.41) is 1.31. The normalized spacial score (nSPS) is 9.88. The smallest absolute Gasteiger partial charge is 0.120 e. The molecule has 1 aromatic carbocycles. The molecule has 0 unspecified atom stereocenters. The Morgan fingerprint density at radius 3 is 2.31 bits per heavy atom. The van der Waals surface area contributed by atoms with E-state index in [1.807, 2.05) is 19.9 Å². The molecule has 0 spiro atoms. The van der Waals surface area contributed by atoms with E-state index in [2.05, 4.69) is 37.6 Å². The van der Waals surface area contributed by atoms with Gasteiger partial charge < -0.3 is 9.30 Å². The molecule has 0 N–H and O–H groups in total. The van der Waals surface area contributed by atoms with Crippen molar-refractivity contribution in [1.29, 1.82) is 0 Å². The number of benzene rings is 1. The Labute approximate surface area is 97.8 Å². The van der Waals surface area contributed by atoms with Crippen LogP contribution >= 0.6 is 0 Å². The predicted molar refractivity (Wildman–Crippen MR) is 70.3 cm³/mol. The third-order valence-electron chi connectivity index (χ3n) is 3.02. The summed E-state index contributed by atoms with van der Waals surface area (Å²) in [7, 11) is 3.79. The van der Waals surface area contributed by atoms with Crippen molar-refractivity contribution < 1.29 is 4.74 Å². The fourth-order valence-electron chi connectivity index (χ4n) is 1.86. The first-order valence-corrected chi connectivity index (χ1v) is 5.74. The maximum atomic E-state index is 5.21. The second-order valence-corrected chi connectivity index (χ2v) is 3.65. The van der Waals surface area contributed by atoms with Gasteiger partial charge in [-0.2, -0.15) is 0 Å². The quantitative estimate of drug-likeness (QED) is 0.711. The lowest BCUT2D eigenvalue weighted by Gasteiger charge is -2.01. The third kappa shape index (κ3) is 1.92. The zero-order chi connectivity index (χ0) is 12.3. The summed E-state index contributed by atoms with van der Waals surface area (Å²) in [5.74, 6) is 0.915. The molecule has 0 saturated heterocycles. The summed E-state index contributed by atoms with van der Waals surface area (Å²) < 4.78 is 7.41. The number of nitrogens with zero attached hydrogens (tertiary/aromatic N) is 1. The highest BCUT2D eigenvalue weighted by Gasteiger charge is 2.08. The van der Waals surface area contributed by atoms with Crippen LogP contribution in [0.15, 0.2) is 18.2 Å². The van der Waals surface area contributed by atoms with Gasteiger partial charge in [-0.25, -0.2) is 0 Å². The van der Waals surface area contributed by atoms with Gasteiger partial charge in [-0.1, -0.05) is 13.8 Å². The fraction of sp³-hybridized carbons (Fsp3) is 0.429. The van der Waals surface area contributed by atoms with Crippen molar-refractivity contribution in [2.45, 2.75) is 27.7 Å². The van der Waals surface area contributed by atoms with Crippen LogP contribution in [0.5, 0.6) is 5.75 Å². The average Bonchev–Trinajstić information content (AvgIpc) is 2.57. The molecule has 0 atom stereocenters. The minimum Gasteiger partial charge on any atom is -0.497 e. The van der Waals surface area contributed by atoms with Gasteiger partial charge in [0.1, 0.15) is 5.75 Å². The van der Waals surface area contributed by atoms with E-state index in [4.69, 9.17) is 4.74 Å². The molecule has 2 nitrogen and oxygen atoms in total. The van der Waals surface area contributed by atoms with Gasteiger partial charge in [0.25, 0.3) is 0 Å². The minimum absolute atomic E-state index is 0.915. The Hall–Kier alpha value is -1.44. The molecule has 1 heterocycles. The van der Waals surface area contributed by atoms with Crippen molar-refractivity contribution in [3.05, 3.63) is 29.5 Å². The van der Waals surface area contributed by atoms with Crippen molar-refractivity contribution in [3.8, 4) is 5.75 Å². The van der Waals surface area contributed by atoms with E-state index in [0.29, 0.717) is 0 Å². The maximum Gasteiger partial charge on any atom is 0.120 e. The number of rotatable bonds is 1. The highest BCUT2D eigenvalue weighted by Crippen LogP contribution is 2.27. The Bertz CT molecular complexity index is 483. The van der Waals surface area contributed by atoms with Gasteiger partial charge in [0.05, 0.1) is 12.6 Å². The monoisotopic (exact) mass is 219 g/mol. The SMILES string of the molecule is CC.COc1ccc2c(C)c(C)n(C)c2c1. The van der Waals surface area contributed by atoms with Crippen molar-refractivity contribution in [1.82, 2.24) is 4.57 Å². The Morgan fingerprint density at radius 1 is 1.12 bits per heavy atom. The second-order valence-electron chi connectivity index (χ2n) is 3.65. The van der Waals surface area contributed by atoms with Gasteiger partial charge in [-0.3, -0.25) is 0 Å². The van der Waals surface area contributed by atoms with Gasteiger partial charge in [-0.05, 0) is 31.5 Å². The lowest BCUT2D eigenvalue weighted by molar-refractivity contribution is 0.415. The van der Waals surface area contributed by atoms with Crippen LogP contribution in [0.2, 0.25) is 0 Å².